The number of carbonyl (C=O) groups excluding carboxylic acids is 2. The Morgan fingerprint density at radius 2 is 1.93 bits per heavy atom. The Morgan fingerprint density at radius 3 is 2.67 bits per heavy atom. The minimum atomic E-state index is -0.479. The van der Waals surface area contributed by atoms with E-state index in [2.05, 4.69) is 15.5 Å². The molecule has 6 nitrogen and oxygen atoms in total. The normalized spacial score (nSPS) is 16.2. The highest BCUT2D eigenvalue weighted by molar-refractivity contribution is 6.30. The van der Waals surface area contributed by atoms with Gasteiger partial charge in [-0.25, -0.2) is 4.79 Å². The van der Waals surface area contributed by atoms with Gasteiger partial charge in [0, 0.05) is 42.5 Å². The van der Waals surface area contributed by atoms with Gasteiger partial charge >= 0.3 is 6.03 Å². The molecule has 2 aromatic carbocycles. The predicted molar refractivity (Wildman–Crippen MR) is 107 cm³/mol. The van der Waals surface area contributed by atoms with Crippen LogP contribution in [0.2, 0.25) is 5.02 Å². The molecule has 0 aliphatic carbocycles. The van der Waals surface area contributed by atoms with Crippen molar-refractivity contribution in [3.05, 3.63) is 64.7 Å². The van der Waals surface area contributed by atoms with Gasteiger partial charge in [0.2, 0.25) is 5.91 Å². The molecule has 1 unspecified atom stereocenters. The molecular formula is C20H23ClN4O2. The number of halogens is 1. The quantitative estimate of drug-likeness (QED) is 0.713. The molecule has 0 radical (unpaired) electrons. The summed E-state index contributed by atoms with van der Waals surface area (Å²) in [7, 11) is 0. The molecule has 1 heterocycles. The zero-order valence-corrected chi connectivity index (χ0v) is 15.7. The molecule has 2 aromatic rings. The fourth-order valence-corrected chi connectivity index (χ4v) is 3.33. The summed E-state index contributed by atoms with van der Waals surface area (Å²) < 4.78 is 0. The van der Waals surface area contributed by atoms with Gasteiger partial charge in [-0.1, -0.05) is 23.7 Å². The maximum Gasteiger partial charge on any atom is 0.315 e. The molecule has 0 bridgehead atoms. The molecule has 1 aliphatic heterocycles. The van der Waals surface area contributed by atoms with Crippen molar-refractivity contribution in [2.45, 2.75) is 13.0 Å². The van der Waals surface area contributed by atoms with E-state index in [1.165, 1.54) is 0 Å². The Kier molecular flexibility index (Phi) is 6.19. The lowest BCUT2D eigenvalue weighted by Gasteiger charge is -2.19. The molecule has 1 atom stereocenters. The number of anilines is 1. The number of rotatable bonds is 6. The van der Waals surface area contributed by atoms with E-state index in [0.29, 0.717) is 24.6 Å². The molecule has 142 valence electrons. The van der Waals surface area contributed by atoms with Crippen LogP contribution in [0.4, 0.5) is 10.5 Å². The van der Waals surface area contributed by atoms with Crippen LogP contribution in [0, 0.1) is 5.92 Å². The van der Waals surface area contributed by atoms with Crippen molar-refractivity contribution in [3.63, 3.8) is 0 Å². The van der Waals surface area contributed by atoms with Gasteiger partial charge in [-0.3, -0.25) is 4.79 Å². The molecular weight excluding hydrogens is 364 g/mol. The number of urea groups is 1. The summed E-state index contributed by atoms with van der Waals surface area (Å²) in [4.78, 5) is 25.5. The van der Waals surface area contributed by atoms with Crippen molar-refractivity contribution < 1.29 is 9.59 Å². The van der Waals surface area contributed by atoms with E-state index in [-0.39, 0.29) is 6.03 Å². The largest absolute Gasteiger partial charge is 0.371 e. The third kappa shape index (κ3) is 5.37. The van der Waals surface area contributed by atoms with Crippen molar-refractivity contribution in [1.29, 1.82) is 0 Å². The summed E-state index contributed by atoms with van der Waals surface area (Å²) >= 11 is 5.93. The lowest BCUT2D eigenvalue weighted by atomic mass is 10.1. The second kappa shape index (κ2) is 8.77. The Bertz CT molecular complexity index is 810. The standard InChI is InChI=1S/C20H23ClN4O2/c21-17-4-6-18(7-5-17)25-9-8-15(13-25)12-24-20(27)23-11-14-2-1-3-16(10-14)19(22)26/h1-7,10,15H,8-9,11-13H2,(H2,22,26)(H2,23,24,27). The number of amides is 3. The van der Waals surface area contributed by atoms with Crippen molar-refractivity contribution in [3.8, 4) is 0 Å². The minimum absolute atomic E-state index is 0.218. The highest BCUT2D eigenvalue weighted by Gasteiger charge is 2.23. The third-order valence-electron chi connectivity index (χ3n) is 4.69. The second-order valence-corrected chi connectivity index (χ2v) is 7.14. The molecule has 1 saturated heterocycles. The van der Waals surface area contributed by atoms with Gasteiger partial charge in [-0.15, -0.1) is 0 Å². The number of hydrogen-bond donors (Lipinski definition) is 3. The molecule has 0 aromatic heterocycles. The van der Waals surface area contributed by atoms with E-state index in [9.17, 15) is 9.59 Å². The van der Waals surface area contributed by atoms with Crippen LogP contribution in [0.25, 0.3) is 0 Å². The van der Waals surface area contributed by atoms with Gasteiger partial charge < -0.3 is 21.3 Å². The van der Waals surface area contributed by atoms with Crippen LogP contribution in [0.5, 0.6) is 0 Å². The Labute approximate surface area is 163 Å². The summed E-state index contributed by atoms with van der Waals surface area (Å²) in [6, 6.07) is 14.5. The van der Waals surface area contributed by atoms with Crippen LogP contribution in [0.15, 0.2) is 48.5 Å². The van der Waals surface area contributed by atoms with Crippen molar-refractivity contribution in [1.82, 2.24) is 10.6 Å². The zero-order valence-electron chi connectivity index (χ0n) is 15.0. The number of nitrogens with one attached hydrogen (secondary N) is 2. The fraction of sp³-hybridized carbons (Fsp3) is 0.300. The van der Waals surface area contributed by atoms with Crippen LogP contribution in [0.1, 0.15) is 22.3 Å². The number of benzene rings is 2. The molecule has 4 N–H and O–H groups in total. The number of carbonyl (C=O) groups is 2. The molecule has 0 saturated carbocycles. The Balaban J connectivity index is 1.41. The van der Waals surface area contributed by atoms with Gasteiger partial charge in [0.15, 0.2) is 0 Å². The first-order chi connectivity index (χ1) is 13.0. The minimum Gasteiger partial charge on any atom is -0.371 e. The van der Waals surface area contributed by atoms with Gasteiger partial charge in [0.05, 0.1) is 0 Å². The van der Waals surface area contributed by atoms with E-state index in [1.807, 2.05) is 30.3 Å². The highest BCUT2D eigenvalue weighted by Crippen LogP contribution is 2.24. The van der Waals surface area contributed by atoms with Crippen molar-refractivity contribution >= 4 is 29.2 Å². The van der Waals surface area contributed by atoms with E-state index in [1.54, 1.807) is 18.2 Å². The topological polar surface area (TPSA) is 87.5 Å². The van der Waals surface area contributed by atoms with Gasteiger partial charge in [0.1, 0.15) is 0 Å². The van der Waals surface area contributed by atoms with Crippen LogP contribution in [0.3, 0.4) is 0 Å². The molecule has 7 heteroatoms. The van der Waals surface area contributed by atoms with Gasteiger partial charge in [-0.05, 0) is 54.3 Å². The summed E-state index contributed by atoms with van der Waals surface area (Å²) in [6.45, 7) is 2.84. The molecule has 3 amide bonds. The van der Waals surface area contributed by atoms with E-state index in [4.69, 9.17) is 17.3 Å². The SMILES string of the molecule is NC(=O)c1cccc(CNC(=O)NCC2CCN(c3ccc(Cl)cc3)C2)c1. The van der Waals surface area contributed by atoms with E-state index < -0.39 is 5.91 Å². The Morgan fingerprint density at radius 1 is 1.15 bits per heavy atom. The summed E-state index contributed by atoms with van der Waals surface area (Å²) in [5.74, 6) is -0.0719. The molecule has 3 rings (SSSR count). The smallest absolute Gasteiger partial charge is 0.315 e. The lowest BCUT2D eigenvalue weighted by molar-refractivity contribution is 0.1000. The Hall–Kier alpha value is -2.73. The summed E-state index contributed by atoms with van der Waals surface area (Å²) in [5.41, 5.74) is 7.68. The molecule has 1 fully saturated rings. The fourth-order valence-electron chi connectivity index (χ4n) is 3.20. The maximum atomic E-state index is 12.0. The van der Waals surface area contributed by atoms with Gasteiger partial charge in [0.25, 0.3) is 0 Å². The first-order valence-corrected chi connectivity index (χ1v) is 9.30. The lowest BCUT2D eigenvalue weighted by Crippen LogP contribution is -2.38. The average Bonchev–Trinajstić information content (AvgIpc) is 3.14. The van der Waals surface area contributed by atoms with Crippen molar-refractivity contribution in [2.75, 3.05) is 24.5 Å². The third-order valence-corrected chi connectivity index (χ3v) is 4.95. The van der Waals surface area contributed by atoms with Crippen LogP contribution in [-0.4, -0.2) is 31.6 Å². The average molecular weight is 387 g/mol. The van der Waals surface area contributed by atoms with Crippen molar-refractivity contribution in [2.24, 2.45) is 11.7 Å². The number of hydrogen-bond acceptors (Lipinski definition) is 3. The summed E-state index contributed by atoms with van der Waals surface area (Å²) in [5, 5.41) is 6.46. The first-order valence-electron chi connectivity index (χ1n) is 8.92. The van der Waals surface area contributed by atoms with Gasteiger partial charge in [-0.2, -0.15) is 0 Å². The van der Waals surface area contributed by atoms with Crippen LogP contribution in [-0.2, 0) is 6.54 Å². The van der Waals surface area contributed by atoms with E-state index >= 15 is 0 Å². The number of nitrogens with two attached hydrogens (primary N) is 1. The zero-order chi connectivity index (χ0) is 19.2. The second-order valence-electron chi connectivity index (χ2n) is 6.71. The van der Waals surface area contributed by atoms with Crippen LogP contribution < -0.4 is 21.3 Å². The molecule has 1 aliphatic rings. The number of primary amides is 1. The number of nitrogens with zero attached hydrogens (tertiary/aromatic N) is 1. The molecule has 0 spiro atoms. The highest BCUT2D eigenvalue weighted by atomic mass is 35.5. The van der Waals surface area contributed by atoms with E-state index in [0.717, 1.165) is 35.8 Å². The van der Waals surface area contributed by atoms with Crippen LogP contribution >= 0.6 is 11.6 Å². The maximum absolute atomic E-state index is 12.0. The predicted octanol–water partition coefficient (Wildman–Crippen LogP) is 2.76. The monoisotopic (exact) mass is 386 g/mol. The molecule has 27 heavy (non-hydrogen) atoms. The first kappa shape index (κ1) is 19.0. The summed E-state index contributed by atoms with van der Waals surface area (Å²) in [6.07, 6.45) is 1.03.